The van der Waals surface area contributed by atoms with E-state index in [1.54, 1.807) is 0 Å². The summed E-state index contributed by atoms with van der Waals surface area (Å²) in [6.07, 6.45) is 1.29. The van der Waals surface area contributed by atoms with Crippen molar-refractivity contribution in [1.82, 2.24) is 14.6 Å². The SMILES string of the molecule is O=NP(=O)(O)N(CCC(=O)ON1C(=O)CCC1=O)CCN1C(=O)C=CC1=O. The fraction of sp³-hybridized carbons (Fsp3) is 0.462. The highest BCUT2D eigenvalue weighted by molar-refractivity contribution is 7.53. The van der Waals surface area contributed by atoms with Crippen molar-refractivity contribution in [2.45, 2.75) is 19.3 Å². The zero-order chi connectivity index (χ0) is 20.2. The summed E-state index contributed by atoms with van der Waals surface area (Å²) in [5.41, 5.74) is 0. The topological polar surface area (TPSA) is 171 Å². The fourth-order valence-corrected chi connectivity index (χ4v) is 3.13. The Bertz CT molecular complexity index is 746. The highest BCUT2D eigenvalue weighted by Gasteiger charge is 2.35. The molecule has 0 aromatic carbocycles. The lowest BCUT2D eigenvalue weighted by Gasteiger charge is -2.24. The van der Waals surface area contributed by atoms with E-state index in [9.17, 15) is 38.3 Å². The number of nitrogens with zero attached hydrogens (tertiary/aromatic N) is 4. The molecule has 0 aromatic heterocycles. The summed E-state index contributed by atoms with van der Waals surface area (Å²) in [5, 5.41) is 0.316. The molecule has 0 aliphatic carbocycles. The van der Waals surface area contributed by atoms with Crippen molar-refractivity contribution in [2.75, 3.05) is 19.6 Å². The lowest BCUT2D eigenvalue weighted by atomic mass is 10.4. The van der Waals surface area contributed by atoms with Crippen molar-refractivity contribution in [3.8, 4) is 0 Å². The number of carbonyl (C=O) groups excluding carboxylic acids is 5. The number of carbonyl (C=O) groups is 5. The van der Waals surface area contributed by atoms with Crippen molar-refractivity contribution in [1.29, 1.82) is 0 Å². The minimum absolute atomic E-state index is 0.0922. The van der Waals surface area contributed by atoms with E-state index in [0.717, 1.165) is 17.1 Å². The monoisotopic (exact) mass is 402 g/mol. The molecule has 2 heterocycles. The second-order valence-electron chi connectivity index (χ2n) is 5.51. The first kappa shape index (κ1) is 20.6. The van der Waals surface area contributed by atoms with E-state index in [4.69, 9.17) is 0 Å². The zero-order valence-electron chi connectivity index (χ0n) is 13.8. The highest BCUT2D eigenvalue weighted by atomic mass is 31.2. The van der Waals surface area contributed by atoms with Crippen molar-refractivity contribution < 1.29 is 38.3 Å². The molecule has 0 spiro atoms. The van der Waals surface area contributed by atoms with Gasteiger partial charge in [0.2, 0.25) is 0 Å². The van der Waals surface area contributed by atoms with Crippen LogP contribution < -0.4 is 0 Å². The number of hydrogen-bond acceptors (Lipinski definition) is 8. The average Bonchev–Trinajstić information content (AvgIpc) is 3.11. The van der Waals surface area contributed by atoms with Gasteiger partial charge in [-0.25, -0.2) is 14.0 Å². The van der Waals surface area contributed by atoms with E-state index in [-0.39, 0.29) is 19.4 Å². The van der Waals surface area contributed by atoms with Crippen molar-refractivity contribution in [3.05, 3.63) is 17.1 Å². The highest BCUT2D eigenvalue weighted by Crippen LogP contribution is 2.46. The van der Waals surface area contributed by atoms with E-state index in [1.807, 2.05) is 0 Å². The van der Waals surface area contributed by atoms with Crippen LogP contribution in [-0.4, -0.2) is 68.8 Å². The molecule has 14 heteroatoms. The van der Waals surface area contributed by atoms with Gasteiger partial charge in [-0.05, 0) is 0 Å². The molecular weight excluding hydrogens is 387 g/mol. The standard InChI is InChI=1S/C13H15N4O9P/c18-9-1-2-10(19)16(9)8-7-15(27(24,25)14-23)6-5-13(22)26-17-11(20)3-4-12(17)21/h1-2H,3-8H2,(H,24,25). The number of nitroso groups, excluding NO2 is 1. The molecule has 0 saturated carbocycles. The molecule has 1 unspecified atom stereocenters. The summed E-state index contributed by atoms with van der Waals surface area (Å²) in [6, 6.07) is 0. The Balaban J connectivity index is 1.93. The van der Waals surface area contributed by atoms with Gasteiger partial charge < -0.3 is 9.73 Å². The first-order valence-electron chi connectivity index (χ1n) is 7.69. The van der Waals surface area contributed by atoms with Crippen LogP contribution in [0.1, 0.15) is 19.3 Å². The van der Waals surface area contributed by atoms with Crippen LogP contribution in [0.25, 0.3) is 0 Å². The zero-order valence-corrected chi connectivity index (χ0v) is 14.7. The molecule has 0 bridgehead atoms. The number of amides is 4. The second kappa shape index (κ2) is 8.29. The number of imide groups is 2. The third kappa shape index (κ3) is 4.90. The number of hydroxylamine groups is 2. The molecule has 1 saturated heterocycles. The predicted octanol–water partition coefficient (Wildman–Crippen LogP) is -0.922. The molecule has 2 aliphatic rings. The Labute approximate surface area is 152 Å². The Hall–Kier alpha value is -2.76. The molecule has 27 heavy (non-hydrogen) atoms. The molecular formula is C13H15N4O9P. The quantitative estimate of drug-likeness (QED) is 0.289. The van der Waals surface area contributed by atoms with Gasteiger partial charge in [-0.15, -0.1) is 9.97 Å². The van der Waals surface area contributed by atoms with Crippen LogP contribution in [0.15, 0.2) is 17.1 Å². The smallest absolute Gasteiger partial charge is 0.330 e. The summed E-state index contributed by atoms with van der Waals surface area (Å²) in [4.78, 5) is 85.2. The molecule has 1 fully saturated rings. The molecule has 2 aliphatic heterocycles. The minimum atomic E-state index is -4.72. The molecule has 0 radical (unpaired) electrons. The largest absolute Gasteiger partial charge is 0.423 e. The van der Waals surface area contributed by atoms with E-state index < -0.39 is 56.8 Å². The van der Waals surface area contributed by atoms with Crippen molar-refractivity contribution in [2.24, 2.45) is 4.95 Å². The van der Waals surface area contributed by atoms with Gasteiger partial charge >= 0.3 is 13.6 Å². The van der Waals surface area contributed by atoms with E-state index in [2.05, 4.69) is 9.78 Å². The van der Waals surface area contributed by atoms with Gasteiger partial charge in [0.1, 0.15) is 0 Å². The van der Waals surface area contributed by atoms with Gasteiger partial charge in [0.25, 0.3) is 23.6 Å². The number of rotatable bonds is 9. The molecule has 146 valence electrons. The van der Waals surface area contributed by atoms with E-state index in [1.165, 1.54) is 0 Å². The van der Waals surface area contributed by atoms with Crippen LogP contribution in [0, 0.1) is 4.91 Å². The third-order valence-electron chi connectivity index (χ3n) is 3.73. The summed E-state index contributed by atoms with van der Waals surface area (Å²) in [6.45, 7) is -1.23. The van der Waals surface area contributed by atoms with Gasteiger partial charge in [-0.1, -0.05) is 0 Å². The maximum atomic E-state index is 11.8. The Morgan fingerprint density at radius 3 is 2.22 bits per heavy atom. The lowest BCUT2D eigenvalue weighted by Crippen LogP contribution is -2.38. The summed E-state index contributed by atoms with van der Waals surface area (Å²) < 4.78 is 12.5. The minimum Gasteiger partial charge on any atom is -0.330 e. The molecule has 13 nitrogen and oxygen atoms in total. The normalized spacial score (nSPS) is 19.2. The second-order valence-corrected chi connectivity index (χ2v) is 7.26. The third-order valence-corrected chi connectivity index (χ3v) is 5.08. The van der Waals surface area contributed by atoms with Gasteiger partial charge in [-0.2, -0.15) is 0 Å². The van der Waals surface area contributed by atoms with Crippen LogP contribution in [0.5, 0.6) is 0 Å². The van der Waals surface area contributed by atoms with Crippen LogP contribution in [0.3, 0.4) is 0 Å². The molecule has 2 rings (SSSR count). The average molecular weight is 402 g/mol. The summed E-state index contributed by atoms with van der Waals surface area (Å²) in [5.74, 6) is -3.68. The van der Waals surface area contributed by atoms with E-state index >= 15 is 0 Å². The van der Waals surface area contributed by atoms with Gasteiger partial charge in [0.05, 0.1) is 6.42 Å². The Morgan fingerprint density at radius 1 is 1.15 bits per heavy atom. The first-order valence-corrected chi connectivity index (χ1v) is 9.25. The number of hydrogen-bond donors (Lipinski definition) is 1. The molecule has 0 aromatic rings. The van der Waals surface area contributed by atoms with Gasteiger partial charge in [0.15, 0.2) is 0 Å². The molecule has 4 amide bonds. The summed E-state index contributed by atoms with van der Waals surface area (Å²) in [7, 11) is -4.72. The molecule has 1 atom stereocenters. The van der Waals surface area contributed by atoms with E-state index in [0.29, 0.717) is 9.73 Å². The Kier molecular flexibility index (Phi) is 6.31. The van der Waals surface area contributed by atoms with Gasteiger partial charge in [0, 0.05) is 49.6 Å². The van der Waals surface area contributed by atoms with Crippen LogP contribution in [0.4, 0.5) is 0 Å². The van der Waals surface area contributed by atoms with Crippen molar-refractivity contribution in [3.63, 3.8) is 0 Å². The maximum absolute atomic E-state index is 11.8. The van der Waals surface area contributed by atoms with Crippen LogP contribution in [0.2, 0.25) is 0 Å². The van der Waals surface area contributed by atoms with Crippen LogP contribution >= 0.6 is 7.67 Å². The predicted molar refractivity (Wildman–Crippen MR) is 84.8 cm³/mol. The maximum Gasteiger partial charge on any atom is 0.423 e. The lowest BCUT2D eigenvalue weighted by molar-refractivity contribution is -0.197. The van der Waals surface area contributed by atoms with Gasteiger partial charge in [-0.3, -0.25) is 24.1 Å². The molecule has 1 N–H and O–H groups in total. The first-order chi connectivity index (χ1) is 12.7. The summed E-state index contributed by atoms with van der Waals surface area (Å²) >= 11 is 0. The van der Waals surface area contributed by atoms with Crippen molar-refractivity contribution >= 4 is 37.3 Å². The fourth-order valence-electron chi connectivity index (χ4n) is 2.32. The Morgan fingerprint density at radius 2 is 1.70 bits per heavy atom. The van der Waals surface area contributed by atoms with Crippen LogP contribution in [-0.2, 0) is 33.4 Å².